The maximum Gasteiger partial charge on any atom is 0.519 e. The maximum absolute atomic E-state index is 10.6. The summed E-state index contributed by atoms with van der Waals surface area (Å²) >= 11 is 4.67. The summed E-state index contributed by atoms with van der Waals surface area (Å²) in [6.07, 6.45) is 1.30. The van der Waals surface area contributed by atoms with Gasteiger partial charge in [-0.15, -0.1) is 0 Å². The Hall–Kier alpha value is -0.940. The number of halogens is 1. The van der Waals surface area contributed by atoms with E-state index in [1.165, 1.54) is 18.0 Å². The van der Waals surface area contributed by atoms with Gasteiger partial charge in [0, 0.05) is 9.37 Å². The molecule has 0 radical (unpaired) electrons. The molecule has 0 aliphatic heterocycles. The largest absolute Gasteiger partial charge is 0.519 e. The van der Waals surface area contributed by atoms with E-state index >= 15 is 0 Å². The van der Waals surface area contributed by atoms with Gasteiger partial charge < -0.3 is 8.83 Å². The number of hydrogen-bond acceptors (Lipinski definition) is 4. The summed E-state index contributed by atoms with van der Waals surface area (Å²) in [5.74, 6) is -0.676. The molecule has 0 fully saturated rings. The second kappa shape index (κ2) is 4.06. The summed E-state index contributed by atoms with van der Waals surface area (Å²) in [5.41, 5.74) is 0. The van der Waals surface area contributed by atoms with E-state index in [-0.39, 0.29) is 0 Å². The molecule has 0 bridgehead atoms. The second-order valence-corrected chi connectivity index (χ2v) is 4.46. The lowest BCUT2D eigenvalue weighted by molar-refractivity contribution is 0.359. The van der Waals surface area contributed by atoms with Gasteiger partial charge in [0.25, 0.3) is 0 Å². The minimum atomic E-state index is -0.676. The molecule has 0 aliphatic carbocycles. The minimum absolute atomic E-state index is 0.456. The van der Waals surface area contributed by atoms with Gasteiger partial charge in [-0.05, 0) is 36.0 Å². The average molecular weight is 273 g/mol. The lowest BCUT2D eigenvalue weighted by Gasteiger charge is -1.95. The van der Waals surface area contributed by atoms with E-state index in [1.807, 2.05) is 24.3 Å². The molecule has 0 saturated heterocycles. The molecule has 1 aromatic heterocycles. The van der Waals surface area contributed by atoms with Crippen LogP contribution in [0.15, 0.2) is 58.6 Å². The fraction of sp³-hybridized carbons (Fsp3) is 0. The van der Waals surface area contributed by atoms with Crippen LogP contribution in [0, 0.1) is 0 Å². The highest BCUT2D eigenvalue weighted by Crippen LogP contribution is 2.27. The fourth-order valence-corrected chi connectivity index (χ4v) is 1.86. The van der Waals surface area contributed by atoms with Crippen molar-refractivity contribution in [3.63, 3.8) is 0 Å². The van der Waals surface area contributed by atoms with Crippen LogP contribution in [0.1, 0.15) is 0 Å². The number of hydrogen-bond donors (Lipinski definition) is 0. The van der Waals surface area contributed by atoms with Crippen LogP contribution in [0.2, 0.25) is 0 Å². The van der Waals surface area contributed by atoms with Crippen LogP contribution in [0.3, 0.4) is 0 Å². The molecule has 1 aromatic carbocycles. The zero-order chi connectivity index (χ0) is 9.97. The molecule has 72 valence electrons. The highest BCUT2D eigenvalue weighted by atomic mass is 79.9. The number of benzene rings is 1. The molecule has 2 aromatic rings. The molecule has 2 rings (SSSR count). The van der Waals surface area contributed by atoms with Crippen molar-refractivity contribution in [2.24, 2.45) is 0 Å². The van der Waals surface area contributed by atoms with Crippen LogP contribution < -0.4 is 5.82 Å². The van der Waals surface area contributed by atoms with E-state index in [4.69, 9.17) is 4.42 Å². The Bertz CT molecular complexity index is 471. The van der Waals surface area contributed by atoms with Crippen molar-refractivity contribution in [1.82, 2.24) is 0 Å². The van der Waals surface area contributed by atoms with Gasteiger partial charge >= 0.3 is 5.82 Å². The summed E-state index contributed by atoms with van der Waals surface area (Å²) < 4.78 is 10.3. The smallest absolute Gasteiger partial charge is 0.398 e. The summed E-state index contributed by atoms with van der Waals surface area (Å²) in [7, 11) is 0. The highest BCUT2D eigenvalue weighted by Gasteiger charge is 2.03. The molecule has 0 N–H and O–H groups in total. The molecule has 1 heterocycles. The van der Waals surface area contributed by atoms with Crippen LogP contribution in [-0.2, 0) is 0 Å². The summed E-state index contributed by atoms with van der Waals surface area (Å²) in [6, 6.07) is 7.67. The van der Waals surface area contributed by atoms with E-state index in [0.29, 0.717) is 5.09 Å². The fourth-order valence-electron chi connectivity index (χ4n) is 0.890. The third-order valence-corrected chi connectivity index (χ3v) is 2.88. The van der Waals surface area contributed by atoms with Crippen LogP contribution >= 0.6 is 27.7 Å². The van der Waals surface area contributed by atoms with Crippen LogP contribution in [0.4, 0.5) is 0 Å². The van der Waals surface area contributed by atoms with Crippen molar-refractivity contribution < 1.29 is 8.83 Å². The van der Waals surface area contributed by atoms with E-state index < -0.39 is 5.82 Å². The molecule has 14 heavy (non-hydrogen) atoms. The standard InChI is InChI=1S/C9H5BrO3S/c10-6-1-3-7(4-2-6)14-8-5-12-9(11)13-8/h1-5H. The minimum Gasteiger partial charge on any atom is -0.398 e. The van der Waals surface area contributed by atoms with Crippen molar-refractivity contribution >= 4 is 27.7 Å². The monoisotopic (exact) mass is 272 g/mol. The summed E-state index contributed by atoms with van der Waals surface area (Å²) in [4.78, 5) is 11.6. The lowest BCUT2D eigenvalue weighted by atomic mass is 10.4. The third kappa shape index (κ3) is 2.30. The zero-order valence-electron chi connectivity index (χ0n) is 6.90. The zero-order valence-corrected chi connectivity index (χ0v) is 9.30. The Balaban J connectivity index is 2.19. The van der Waals surface area contributed by atoms with E-state index in [9.17, 15) is 4.79 Å². The van der Waals surface area contributed by atoms with Gasteiger partial charge in [-0.3, -0.25) is 0 Å². The Morgan fingerprint density at radius 1 is 1.21 bits per heavy atom. The Morgan fingerprint density at radius 3 is 2.50 bits per heavy atom. The van der Waals surface area contributed by atoms with Crippen LogP contribution in [0.25, 0.3) is 0 Å². The van der Waals surface area contributed by atoms with Gasteiger partial charge in [0.15, 0.2) is 0 Å². The van der Waals surface area contributed by atoms with Gasteiger partial charge in [-0.2, -0.15) is 0 Å². The van der Waals surface area contributed by atoms with Crippen molar-refractivity contribution in [3.05, 3.63) is 45.6 Å². The highest BCUT2D eigenvalue weighted by molar-refractivity contribution is 9.10. The molecular formula is C9H5BrO3S. The van der Waals surface area contributed by atoms with E-state index in [2.05, 4.69) is 20.3 Å². The first-order chi connectivity index (χ1) is 6.74. The van der Waals surface area contributed by atoms with Crippen molar-refractivity contribution in [2.45, 2.75) is 9.99 Å². The average Bonchev–Trinajstić information content (AvgIpc) is 2.56. The van der Waals surface area contributed by atoms with E-state index in [0.717, 1.165) is 9.37 Å². The van der Waals surface area contributed by atoms with Crippen molar-refractivity contribution in [2.75, 3.05) is 0 Å². The second-order valence-electron chi connectivity index (χ2n) is 2.46. The van der Waals surface area contributed by atoms with Gasteiger partial charge in [0.05, 0.1) is 0 Å². The summed E-state index contributed by atoms with van der Waals surface area (Å²) in [6.45, 7) is 0. The molecule has 0 aliphatic rings. The van der Waals surface area contributed by atoms with Crippen LogP contribution in [-0.4, -0.2) is 0 Å². The predicted molar refractivity (Wildman–Crippen MR) is 55.5 cm³/mol. The van der Waals surface area contributed by atoms with Crippen molar-refractivity contribution in [3.8, 4) is 0 Å². The maximum atomic E-state index is 10.6. The Morgan fingerprint density at radius 2 is 1.93 bits per heavy atom. The van der Waals surface area contributed by atoms with Gasteiger partial charge in [0.2, 0.25) is 5.09 Å². The first-order valence-corrected chi connectivity index (χ1v) is 5.37. The SMILES string of the molecule is O=c1occ(Sc2ccc(Br)cc2)o1. The lowest BCUT2D eigenvalue weighted by Crippen LogP contribution is -1.84. The topological polar surface area (TPSA) is 43.4 Å². The van der Waals surface area contributed by atoms with Gasteiger partial charge in [0.1, 0.15) is 6.26 Å². The Kier molecular flexibility index (Phi) is 2.79. The third-order valence-electron chi connectivity index (χ3n) is 1.47. The first-order valence-electron chi connectivity index (χ1n) is 3.76. The number of rotatable bonds is 2. The molecule has 0 amide bonds. The quantitative estimate of drug-likeness (QED) is 0.843. The van der Waals surface area contributed by atoms with Crippen molar-refractivity contribution in [1.29, 1.82) is 0 Å². The van der Waals surface area contributed by atoms with Gasteiger partial charge in [-0.1, -0.05) is 15.9 Å². The molecule has 0 unspecified atom stereocenters. The van der Waals surface area contributed by atoms with Gasteiger partial charge in [-0.25, -0.2) is 4.79 Å². The molecule has 5 heteroatoms. The molecular weight excluding hydrogens is 268 g/mol. The van der Waals surface area contributed by atoms with E-state index in [1.54, 1.807) is 0 Å². The molecule has 0 spiro atoms. The summed E-state index contributed by atoms with van der Waals surface area (Å²) in [5, 5.41) is 0.456. The van der Waals surface area contributed by atoms with Crippen LogP contribution in [0.5, 0.6) is 0 Å². The molecule has 3 nitrogen and oxygen atoms in total. The predicted octanol–water partition coefficient (Wildman–Crippen LogP) is 3.15. The molecule has 0 saturated carbocycles. The Labute approximate surface area is 92.2 Å². The normalized spacial score (nSPS) is 10.4. The first kappa shape index (κ1) is 9.61. The molecule has 0 atom stereocenters.